The summed E-state index contributed by atoms with van der Waals surface area (Å²) in [4.78, 5) is 17.1. The first-order valence-corrected chi connectivity index (χ1v) is 8.81. The highest BCUT2D eigenvalue weighted by molar-refractivity contribution is 6.33. The van der Waals surface area contributed by atoms with Gasteiger partial charge in [0.1, 0.15) is 0 Å². The van der Waals surface area contributed by atoms with Crippen LogP contribution in [0.25, 0.3) is 0 Å². The van der Waals surface area contributed by atoms with E-state index in [4.69, 9.17) is 11.6 Å². The van der Waals surface area contributed by atoms with E-state index in [-0.39, 0.29) is 5.91 Å². The lowest BCUT2D eigenvalue weighted by atomic mass is 10.2. The SMILES string of the molecule is O=C(CCN1CCC(N2CCNCC2)C1)Nc1ccccc1Cl. The highest BCUT2D eigenvalue weighted by atomic mass is 35.5. The Balaban J connectivity index is 1.40. The average molecular weight is 337 g/mol. The van der Waals surface area contributed by atoms with Gasteiger partial charge in [-0.05, 0) is 25.1 Å². The van der Waals surface area contributed by atoms with Crippen molar-refractivity contribution in [2.24, 2.45) is 0 Å². The van der Waals surface area contributed by atoms with Crippen LogP contribution >= 0.6 is 11.6 Å². The second-order valence-electron chi connectivity index (χ2n) is 6.31. The molecule has 2 heterocycles. The Hall–Kier alpha value is -1.14. The molecule has 2 saturated heterocycles. The molecule has 0 aromatic heterocycles. The molecule has 1 aromatic carbocycles. The van der Waals surface area contributed by atoms with E-state index >= 15 is 0 Å². The van der Waals surface area contributed by atoms with Gasteiger partial charge in [-0.3, -0.25) is 9.69 Å². The van der Waals surface area contributed by atoms with Crippen LogP contribution in [0.1, 0.15) is 12.8 Å². The first-order chi connectivity index (χ1) is 11.2. The minimum atomic E-state index is 0.0312. The van der Waals surface area contributed by atoms with E-state index in [9.17, 15) is 4.79 Å². The maximum atomic E-state index is 12.1. The van der Waals surface area contributed by atoms with E-state index in [1.165, 1.54) is 6.42 Å². The topological polar surface area (TPSA) is 47.6 Å². The van der Waals surface area contributed by atoms with Crippen molar-refractivity contribution in [2.45, 2.75) is 18.9 Å². The smallest absolute Gasteiger partial charge is 0.225 e. The number of nitrogens with one attached hydrogen (secondary N) is 2. The van der Waals surface area contributed by atoms with Crippen molar-refractivity contribution < 1.29 is 4.79 Å². The fourth-order valence-corrected chi connectivity index (χ4v) is 3.58. The number of carbonyl (C=O) groups is 1. The van der Waals surface area contributed by atoms with Crippen LogP contribution in [-0.2, 0) is 4.79 Å². The molecule has 2 fully saturated rings. The van der Waals surface area contributed by atoms with Gasteiger partial charge >= 0.3 is 0 Å². The number of amides is 1. The van der Waals surface area contributed by atoms with Gasteiger partial charge in [0, 0.05) is 51.7 Å². The van der Waals surface area contributed by atoms with Gasteiger partial charge in [0.15, 0.2) is 0 Å². The van der Waals surface area contributed by atoms with Gasteiger partial charge < -0.3 is 15.5 Å². The van der Waals surface area contributed by atoms with E-state index in [2.05, 4.69) is 20.4 Å². The van der Waals surface area contributed by atoms with Crippen LogP contribution in [0.5, 0.6) is 0 Å². The Morgan fingerprint density at radius 2 is 2.04 bits per heavy atom. The van der Waals surface area contributed by atoms with Crippen molar-refractivity contribution in [2.75, 3.05) is 51.1 Å². The number of likely N-dealkylation sites (tertiary alicyclic amines) is 1. The third-order valence-corrected chi connectivity index (χ3v) is 5.05. The number of carbonyl (C=O) groups excluding carboxylic acids is 1. The summed E-state index contributed by atoms with van der Waals surface area (Å²) in [6.45, 7) is 7.47. The zero-order valence-electron chi connectivity index (χ0n) is 13.4. The van der Waals surface area contributed by atoms with E-state index in [0.717, 1.165) is 45.8 Å². The summed E-state index contributed by atoms with van der Waals surface area (Å²) < 4.78 is 0. The van der Waals surface area contributed by atoms with Crippen molar-refractivity contribution >= 4 is 23.2 Å². The van der Waals surface area contributed by atoms with E-state index < -0.39 is 0 Å². The molecule has 0 bridgehead atoms. The van der Waals surface area contributed by atoms with Gasteiger partial charge in [-0.1, -0.05) is 23.7 Å². The number of piperazine rings is 1. The molecule has 5 nitrogen and oxygen atoms in total. The number of hydrogen-bond acceptors (Lipinski definition) is 4. The van der Waals surface area contributed by atoms with Crippen molar-refractivity contribution in [1.82, 2.24) is 15.1 Å². The summed E-state index contributed by atoms with van der Waals surface area (Å²) >= 11 is 6.06. The molecule has 0 radical (unpaired) electrons. The molecule has 23 heavy (non-hydrogen) atoms. The molecule has 0 aliphatic carbocycles. The zero-order valence-corrected chi connectivity index (χ0v) is 14.2. The quantitative estimate of drug-likeness (QED) is 0.858. The van der Waals surface area contributed by atoms with E-state index in [0.29, 0.717) is 23.2 Å². The molecular formula is C17H25ClN4O. The molecule has 2 N–H and O–H groups in total. The lowest BCUT2D eigenvalue weighted by molar-refractivity contribution is -0.116. The van der Waals surface area contributed by atoms with Crippen LogP contribution in [0, 0.1) is 0 Å². The van der Waals surface area contributed by atoms with Crippen LogP contribution in [0.15, 0.2) is 24.3 Å². The van der Waals surface area contributed by atoms with Crippen LogP contribution in [0.3, 0.4) is 0 Å². The van der Waals surface area contributed by atoms with E-state index in [1.807, 2.05) is 18.2 Å². The third-order valence-electron chi connectivity index (χ3n) is 4.72. The molecule has 1 amide bonds. The van der Waals surface area contributed by atoms with Gasteiger partial charge in [0.05, 0.1) is 10.7 Å². The molecule has 0 saturated carbocycles. The number of rotatable bonds is 5. The van der Waals surface area contributed by atoms with Crippen LogP contribution in [-0.4, -0.2) is 67.6 Å². The largest absolute Gasteiger partial charge is 0.325 e. The number of anilines is 1. The summed E-state index contributed by atoms with van der Waals surface area (Å²) in [5, 5.41) is 6.87. The van der Waals surface area contributed by atoms with Crippen molar-refractivity contribution in [3.8, 4) is 0 Å². The Morgan fingerprint density at radius 1 is 1.26 bits per heavy atom. The number of benzene rings is 1. The fraction of sp³-hybridized carbons (Fsp3) is 0.588. The number of nitrogens with zero attached hydrogens (tertiary/aromatic N) is 2. The lowest BCUT2D eigenvalue weighted by Crippen LogP contribution is -2.49. The zero-order chi connectivity index (χ0) is 16.1. The Kier molecular flexibility index (Phi) is 5.89. The lowest BCUT2D eigenvalue weighted by Gasteiger charge is -2.32. The molecule has 2 aliphatic heterocycles. The molecule has 1 unspecified atom stereocenters. The Labute approximate surface area is 143 Å². The highest BCUT2D eigenvalue weighted by Crippen LogP contribution is 2.21. The molecule has 1 atom stereocenters. The molecule has 0 spiro atoms. The summed E-state index contributed by atoms with van der Waals surface area (Å²) in [6, 6.07) is 8.01. The number of halogens is 1. The summed E-state index contributed by atoms with van der Waals surface area (Å²) in [5.74, 6) is 0.0312. The average Bonchev–Trinajstić information content (AvgIpc) is 3.05. The van der Waals surface area contributed by atoms with Crippen LogP contribution in [0.4, 0.5) is 5.69 Å². The van der Waals surface area contributed by atoms with Gasteiger partial charge in [0.25, 0.3) is 0 Å². The van der Waals surface area contributed by atoms with Gasteiger partial charge in [-0.15, -0.1) is 0 Å². The normalized spacial score (nSPS) is 23.1. The monoisotopic (exact) mass is 336 g/mol. The first kappa shape index (κ1) is 16.7. The summed E-state index contributed by atoms with van der Waals surface area (Å²) in [6.07, 6.45) is 1.73. The molecular weight excluding hydrogens is 312 g/mol. The molecule has 1 aromatic rings. The second-order valence-corrected chi connectivity index (χ2v) is 6.71. The fourth-order valence-electron chi connectivity index (χ4n) is 3.40. The maximum absolute atomic E-state index is 12.1. The van der Waals surface area contributed by atoms with Crippen molar-refractivity contribution in [3.05, 3.63) is 29.3 Å². The predicted molar refractivity (Wildman–Crippen MR) is 94.0 cm³/mol. The second kappa shape index (κ2) is 8.11. The number of para-hydroxylation sites is 1. The van der Waals surface area contributed by atoms with Crippen LogP contribution < -0.4 is 10.6 Å². The molecule has 2 aliphatic rings. The summed E-state index contributed by atoms with van der Waals surface area (Å²) in [7, 11) is 0. The summed E-state index contributed by atoms with van der Waals surface area (Å²) in [5.41, 5.74) is 0.694. The van der Waals surface area contributed by atoms with Crippen molar-refractivity contribution in [3.63, 3.8) is 0 Å². The minimum absolute atomic E-state index is 0.0312. The Morgan fingerprint density at radius 3 is 2.83 bits per heavy atom. The predicted octanol–water partition coefficient (Wildman–Crippen LogP) is 1.65. The number of hydrogen-bond donors (Lipinski definition) is 2. The minimum Gasteiger partial charge on any atom is -0.325 e. The maximum Gasteiger partial charge on any atom is 0.225 e. The van der Waals surface area contributed by atoms with Gasteiger partial charge in [0.2, 0.25) is 5.91 Å². The van der Waals surface area contributed by atoms with Crippen LogP contribution in [0.2, 0.25) is 5.02 Å². The highest BCUT2D eigenvalue weighted by Gasteiger charge is 2.28. The van der Waals surface area contributed by atoms with Gasteiger partial charge in [-0.2, -0.15) is 0 Å². The first-order valence-electron chi connectivity index (χ1n) is 8.44. The van der Waals surface area contributed by atoms with Gasteiger partial charge in [-0.25, -0.2) is 0 Å². The van der Waals surface area contributed by atoms with E-state index in [1.54, 1.807) is 6.07 Å². The Bertz CT molecular complexity index is 533. The van der Waals surface area contributed by atoms with Crippen molar-refractivity contribution in [1.29, 1.82) is 0 Å². The molecule has 3 rings (SSSR count). The standard InChI is InChI=1S/C17H25ClN4O/c18-15-3-1-2-4-16(15)20-17(23)6-10-21-9-5-14(13-21)22-11-7-19-8-12-22/h1-4,14,19H,5-13H2,(H,20,23). The molecule has 6 heteroatoms. The molecule has 126 valence electrons. The third kappa shape index (κ3) is 4.67.